The van der Waals surface area contributed by atoms with Gasteiger partial charge in [0.2, 0.25) is 0 Å². The van der Waals surface area contributed by atoms with Crippen LogP contribution in [0, 0.1) is 6.92 Å². The van der Waals surface area contributed by atoms with E-state index in [1.807, 2.05) is 23.5 Å². The van der Waals surface area contributed by atoms with E-state index in [1.54, 1.807) is 0 Å². The molecule has 0 bridgehead atoms. The molecule has 0 aliphatic rings. The number of benzene rings is 5. The topological polar surface area (TPSA) is 4.93 Å². The lowest BCUT2D eigenvalue weighted by atomic mass is 10.00. The third-order valence-corrected chi connectivity index (χ3v) is 8.40. The number of aryl methyl sites for hydroxylation is 1. The van der Waals surface area contributed by atoms with Crippen molar-refractivity contribution in [3.05, 3.63) is 132 Å². The van der Waals surface area contributed by atoms with Crippen molar-refractivity contribution in [2.24, 2.45) is 0 Å². The highest BCUT2D eigenvalue weighted by Gasteiger charge is 2.16. The predicted octanol–water partition coefficient (Wildman–Crippen LogP) is 10.3. The smallest absolute Gasteiger partial charge is 0.0547 e. The number of rotatable bonds is 4. The lowest BCUT2D eigenvalue weighted by Gasteiger charge is -2.10. The Bertz CT molecular complexity index is 1980. The first-order valence-electron chi connectivity index (χ1n) is 12.6. The summed E-state index contributed by atoms with van der Waals surface area (Å²) in [6.07, 6.45) is 6.09. The highest BCUT2D eigenvalue weighted by molar-refractivity contribution is 7.19. The summed E-state index contributed by atoms with van der Waals surface area (Å²) in [6, 6.07) is 37.5. The Hall–Kier alpha value is -4.40. The summed E-state index contributed by atoms with van der Waals surface area (Å²) in [4.78, 5) is 1.33. The lowest BCUT2D eigenvalue weighted by molar-refractivity contribution is 1.18. The Morgan fingerprint density at radius 2 is 1.46 bits per heavy atom. The number of fused-ring (bicyclic) bond motifs is 6. The number of aromatic nitrogens is 1. The standard InChI is InChI=1S/C35H25NS/c1-3-4-12-28-23(2)37-34-20-17-26-21-33-31(22-30(26)35(28)34)29-13-8-9-14-32(29)36(33)27-18-15-25(16-19-27)24-10-6-5-7-11-24/h3-22H,1H2,2H3/b12-4-. The molecular weight excluding hydrogens is 466 g/mol. The van der Waals surface area contributed by atoms with E-state index in [0.29, 0.717) is 0 Å². The molecule has 176 valence electrons. The van der Waals surface area contributed by atoms with Crippen LogP contribution in [-0.4, -0.2) is 4.57 Å². The molecule has 2 aromatic heterocycles. The Kier molecular flexibility index (Phi) is 5.09. The lowest BCUT2D eigenvalue weighted by Crippen LogP contribution is -1.93. The quantitative estimate of drug-likeness (QED) is 0.216. The second-order valence-electron chi connectivity index (χ2n) is 9.46. The van der Waals surface area contributed by atoms with E-state index < -0.39 is 0 Å². The molecule has 2 heterocycles. The molecule has 0 fully saturated rings. The fourth-order valence-electron chi connectivity index (χ4n) is 5.60. The van der Waals surface area contributed by atoms with Gasteiger partial charge in [0.25, 0.3) is 0 Å². The zero-order valence-corrected chi connectivity index (χ0v) is 21.4. The molecule has 0 saturated carbocycles. The Morgan fingerprint density at radius 1 is 0.703 bits per heavy atom. The van der Waals surface area contributed by atoms with Gasteiger partial charge in [-0.15, -0.1) is 11.3 Å². The van der Waals surface area contributed by atoms with Crippen LogP contribution in [0.5, 0.6) is 0 Å². The minimum Gasteiger partial charge on any atom is -0.309 e. The molecule has 37 heavy (non-hydrogen) atoms. The number of allylic oxidation sites excluding steroid dienone is 2. The van der Waals surface area contributed by atoms with Gasteiger partial charge in [0, 0.05) is 31.4 Å². The van der Waals surface area contributed by atoms with Crippen molar-refractivity contribution in [2.75, 3.05) is 0 Å². The molecule has 0 atom stereocenters. The van der Waals surface area contributed by atoms with Crippen molar-refractivity contribution in [1.29, 1.82) is 0 Å². The fourth-order valence-corrected chi connectivity index (χ4v) is 6.67. The van der Waals surface area contributed by atoms with Crippen molar-refractivity contribution in [3.8, 4) is 16.8 Å². The first-order valence-corrected chi connectivity index (χ1v) is 13.4. The maximum atomic E-state index is 3.88. The van der Waals surface area contributed by atoms with Crippen LogP contribution in [0.4, 0.5) is 0 Å². The highest BCUT2D eigenvalue weighted by Crippen LogP contribution is 2.41. The van der Waals surface area contributed by atoms with Crippen LogP contribution in [-0.2, 0) is 0 Å². The number of thiophene rings is 1. The maximum Gasteiger partial charge on any atom is 0.0547 e. The summed E-state index contributed by atoms with van der Waals surface area (Å²) in [5.41, 5.74) is 7.39. The monoisotopic (exact) mass is 491 g/mol. The predicted molar refractivity (Wildman–Crippen MR) is 163 cm³/mol. The summed E-state index contributed by atoms with van der Waals surface area (Å²) < 4.78 is 3.73. The van der Waals surface area contributed by atoms with E-state index in [4.69, 9.17) is 0 Å². The third kappa shape index (κ3) is 3.45. The molecule has 0 N–H and O–H groups in total. The van der Waals surface area contributed by atoms with E-state index in [0.717, 1.165) is 0 Å². The molecular formula is C35H25NS. The molecule has 0 amide bonds. The van der Waals surface area contributed by atoms with Gasteiger partial charge in [-0.1, -0.05) is 91.5 Å². The van der Waals surface area contributed by atoms with Gasteiger partial charge in [-0.2, -0.15) is 0 Å². The van der Waals surface area contributed by atoms with Crippen LogP contribution in [0.25, 0.3) is 65.6 Å². The number of hydrogen-bond acceptors (Lipinski definition) is 1. The van der Waals surface area contributed by atoms with Gasteiger partial charge in [0.15, 0.2) is 0 Å². The molecule has 0 radical (unpaired) electrons. The molecule has 0 aliphatic heterocycles. The van der Waals surface area contributed by atoms with Crippen molar-refractivity contribution in [2.45, 2.75) is 6.92 Å². The van der Waals surface area contributed by atoms with Crippen molar-refractivity contribution in [1.82, 2.24) is 4.57 Å². The molecule has 0 aliphatic carbocycles. The zero-order valence-electron chi connectivity index (χ0n) is 20.6. The van der Waals surface area contributed by atoms with E-state index in [-0.39, 0.29) is 0 Å². The summed E-state index contributed by atoms with van der Waals surface area (Å²) in [5, 5.41) is 6.46. The molecule has 7 aromatic rings. The van der Waals surface area contributed by atoms with Crippen LogP contribution in [0.3, 0.4) is 0 Å². The summed E-state index contributed by atoms with van der Waals surface area (Å²) in [5.74, 6) is 0. The van der Waals surface area contributed by atoms with Gasteiger partial charge in [-0.05, 0) is 70.8 Å². The van der Waals surface area contributed by atoms with Gasteiger partial charge >= 0.3 is 0 Å². The molecule has 2 heteroatoms. The normalized spacial score (nSPS) is 11.9. The molecule has 1 nitrogen and oxygen atoms in total. The number of hydrogen-bond donors (Lipinski definition) is 0. The molecule has 7 rings (SSSR count). The Morgan fingerprint density at radius 3 is 2.27 bits per heavy atom. The number of para-hydroxylation sites is 1. The van der Waals surface area contributed by atoms with Crippen molar-refractivity contribution in [3.63, 3.8) is 0 Å². The Balaban J connectivity index is 1.51. The van der Waals surface area contributed by atoms with E-state index >= 15 is 0 Å². The van der Waals surface area contributed by atoms with E-state index in [2.05, 4.69) is 127 Å². The second kappa shape index (κ2) is 8.62. The average Bonchev–Trinajstić information content (AvgIpc) is 3.44. The average molecular weight is 492 g/mol. The van der Waals surface area contributed by atoms with Gasteiger partial charge in [0.1, 0.15) is 0 Å². The van der Waals surface area contributed by atoms with Crippen LogP contribution in [0.2, 0.25) is 0 Å². The Labute approximate surface area is 220 Å². The summed E-state index contributed by atoms with van der Waals surface area (Å²) >= 11 is 1.86. The minimum absolute atomic E-state index is 1.17. The zero-order chi connectivity index (χ0) is 24.9. The van der Waals surface area contributed by atoms with Crippen LogP contribution < -0.4 is 0 Å². The molecule has 0 saturated heterocycles. The van der Waals surface area contributed by atoms with Crippen LogP contribution in [0.15, 0.2) is 122 Å². The van der Waals surface area contributed by atoms with Gasteiger partial charge in [-0.25, -0.2) is 0 Å². The third-order valence-electron chi connectivity index (χ3n) is 7.32. The highest BCUT2D eigenvalue weighted by atomic mass is 32.1. The van der Waals surface area contributed by atoms with Gasteiger partial charge in [-0.3, -0.25) is 0 Å². The van der Waals surface area contributed by atoms with Crippen molar-refractivity contribution < 1.29 is 0 Å². The number of nitrogens with zero attached hydrogens (tertiary/aromatic N) is 1. The molecule has 0 spiro atoms. The van der Waals surface area contributed by atoms with E-state index in [9.17, 15) is 0 Å². The minimum atomic E-state index is 1.17. The molecule has 0 unspecified atom stereocenters. The summed E-state index contributed by atoms with van der Waals surface area (Å²) in [7, 11) is 0. The van der Waals surface area contributed by atoms with E-state index in [1.165, 1.54) is 69.9 Å². The molecule has 5 aromatic carbocycles. The SMILES string of the molecule is C=C/C=C\c1c(C)sc2ccc3cc4c(cc3c12)c1ccccc1n4-c1ccc(-c2ccccc2)cc1. The fraction of sp³-hybridized carbons (Fsp3) is 0.0286. The van der Waals surface area contributed by atoms with Crippen LogP contribution >= 0.6 is 11.3 Å². The first kappa shape index (κ1) is 21.8. The largest absolute Gasteiger partial charge is 0.309 e. The summed E-state index contributed by atoms with van der Waals surface area (Å²) in [6.45, 7) is 6.09. The first-order chi connectivity index (χ1) is 18.2. The maximum absolute atomic E-state index is 3.88. The second-order valence-corrected chi connectivity index (χ2v) is 10.7. The van der Waals surface area contributed by atoms with Crippen LogP contribution in [0.1, 0.15) is 10.4 Å². The van der Waals surface area contributed by atoms with Gasteiger partial charge in [0.05, 0.1) is 11.0 Å². The van der Waals surface area contributed by atoms with Crippen molar-refractivity contribution >= 4 is 60.1 Å². The van der Waals surface area contributed by atoms with Gasteiger partial charge < -0.3 is 4.57 Å².